The predicted molar refractivity (Wildman–Crippen MR) is 87.2 cm³/mol. The SMILES string of the molecule is Cn1cc(C(=O)N2CCCC(c3cc4cccnc4[nH]3)C2)cn1. The molecule has 0 spiro atoms. The minimum Gasteiger partial charge on any atom is -0.343 e. The first kappa shape index (κ1) is 14.0. The van der Waals surface area contributed by atoms with Crippen LogP contribution in [0.5, 0.6) is 0 Å². The van der Waals surface area contributed by atoms with Gasteiger partial charge in [0.2, 0.25) is 0 Å². The number of hydrogen-bond acceptors (Lipinski definition) is 3. The van der Waals surface area contributed by atoms with Crippen LogP contribution in [0.1, 0.15) is 34.8 Å². The molecule has 1 amide bonds. The Bertz CT molecular complexity index is 816. The summed E-state index contributed by atoms with van der Waals surface area (Å²) in [6.45, 7) is 1.54. The Morgan fingerprint density at radius 1 is 1.43 bits per heavy atom. The maximum atomic E-state index is 12.6. The topological polar surface area (TPSA) is 66.8 Å². The van der Waals surface area contributed by atoms with Crippen molar-refractivity contribution >= 4 is 16.9 Å². The molecule has 6 nitrogen and oxygen atoms in total. The number of aryl methyl sites for hydroxylation is 1. The number of pyridine rings is 1. The van der Waals surface area contributed by atoms with Crippen LogP contribution in [-0.2, 0) is 7.05 Å². The highest BCUT2D eigenvalue weighted by molar-refractivity contribution is 5.93. The van der Waals surface area contributed by atoms with Gasteiger partial charge in [-0.1, -0.05) is 0 Å². The Balaban J connectivity index is 1.55. The number of H-pyrrole nitrogens is 1. The predicted octanol–water partition coefficient (Wildman–Crippen LogP) is 2.32. The summed E-state index contributed by atoms with van der Waals surface area (Å²) in [4.78, 5) is 22.3. The Morgan fingerprint density at radius 2 is 2.35 bits per heavy atom. The Labute approximate surface area is 134 Å². The third-order valence-corrected chi connectivity index (χ3v) is 4.51. The zero-order valence-electron chi connectivity index (χ0n) is 13.1. The zero-order valence-corrected chi connectivity index (χ0v) is 13.1. The molecule has 1 aliphatic rings. The van der Waals surface area contributed by atoms with Crippen LogP contribution in [0.25, 0.3) is 11.0 Å². The molecule has 0 aliphatic carbocycles. The van der Waals surface area contributed by atoms with Gasteiger partial charge in [0.1, 0.15) is 5.65 Å². The summed E-state index contributed by atoms with van der Waals surface area (Å²) < 4.78 is 1.66. The van der Waals surface area contributed by atoms with Crippen molar-refractivity contribution in [2.75, 3.05) is 13.1 Å². The number of hydrogen-bond donors (Lipinski definition) is 1. The number of carbonyl (C=O) groups excluding carboxylic acids is 1. The fourth-order valence-electron chi connectivity index (χ4n) is 3.33. The molecule has 6 heteroatoms. The molecule has 23 heavy (non-hydrogen) atoms. The van der Waals surface area contributed by atoms with Crippen LogP contribution in [0.4, 0.5) is 0 Å². The third-order valence-electron chi connectivity index (χ3n) is 4.51. The van der Waals surface area contributed by atoms with Crippen molar-refractivity contribution in [3.05, 3.63) is 48.0 Å². The lowest BCUT2D eigenvalue weighted by atomic mass is 9.94. The first-order chi connectivity index (χ1) is 11.2. The van der Waals surface area contributed by atoms with E-state index in [0.717, 1.165) is 37.0 Å². The van der Waals surface area contributed by atoms with Gasteiger partial charge in [0.15, 0.2) is 0 Å². The summed E-state index contributed by atoms with van der Waals surface area (Å²) >= 11 is 0. The van der Waals surface area contributed by atoms with E-state index >= 15 is 0 Å². The van der Waals surface area contributed by atoms with E-state index in [1.807, 2.05) is 18.0 Å². The summed E-state index contributed by atoms with van der Waals surface area (Å²) in [7, 11) is 1.83. The maximum absolute atomic E-state index is 12.6. The van der Waals surface area contributed by atoms with E-state index < -0.39 is 0 Å². The molecule has 3 aromatic heterocycles. The van der Waals surface area contributed by atoms with E-state index in [4.69, 9.17) is 0 Å². The van der Waals surface area contributed by atoms with E-state index in [9.17, 15) is 4.79 Å². The molecular formula is C17H19N5O. The first-order valence-corrected chi connectivity index (χ1v) is 7.92. The molecule has 1 saturated heterocycles. The summed E-state index contributed by atoms with van der Waals surface area (Å²) in [6, 6.07) is 6.16. The smallest absolute Gasteiger partial charge is 0.257 e. The number of aromatic amines is 1. The molecule has 4 heterocycles. The highest BCUT2D eigenvalue weighted by atomic mass is 16.2. The largest absolute Gasteiger partial charge is 0.343 e. The molecule has 3 aromatic rings. The van der Waals surface area contributed by atoms with Crippen LogP contribution in [0.2, 0.25) is 0 Å². The van der Waals surface area contributed by atoms with Gasteiger partial charge in [0.25, 0.3) is 5.91 Å². The van der Waals surface area contributed by atoms with Crippen molar-refractivity contribution in [3.8, 4) is 0 Å². The number of carbonyl (C=O) groups is 1. The lowest BCUT2D eigenvalue weighted by Gasteiger charge is -2.32. The second-order valence-electron chi connectivity index (χ2n) is 6.16. The van der Waals surface area contributed by atoms with Gasteiger partial charge in [-0.2, -0.15) is 5.10 Å². The molecule has 0 radical (unpaired) electrons. The number of likely N-dealkylation sites (tertiary alicyclic amines) is 1. The van der Waals surface area contributed by atoms with E-state index in [1.54, 1.807) is 23.3 Å². The lowest BCUT2D eigenvalue weighted by molar-refractivity contribution is 0.0706. The van der Waals surface area contributed by atoms with Crippen molar-refractivity contribution in [2.24, 2.45) is 7.05 Å². The van der Waals surface area contributed by atoms with Crippen molar-refractivity contribution in [2.45, 2.75) is 18.8 Å². The molecule has 1 aliphatic heterocycles. The molecule has 1 N–H and O–H groups in total. The van der Waals surface area contributed by atoms with Gasteiger partial charge in [-0.15, -0.1) is 0 Å². The summed E-state index contributed by atoms with van der Waals surface area (Å²) in [5.41, 5.74) is 2.74. The van der Waals surface area contributed by atoms with Crippen LogP contribution < -0.4 is 0 Å². The van der Waals surface area contributed by atoms with Gasteiger partial charge < -0.3 is 9.88 Å². The van der Waals surface area contributed by atoms with Crippen LogP contribution >= 0.6 is 0 Å². The zero-order chi connectivity index (χ0) is 15.8. The third kappa shape index (κ3) is 2.60. The van der Waals surface area contributed by atoms with E-state index in [2.05, 4.69) is 27.2 Å². The van der Waals surface area contributed by atoms with Crippen LogP contribution in [0.3, 0.4) is 0 Å². The second kappa shape index (κ2) is 5.53. The number of nitrogens with zero attached hydrogens (tertiary/aromatic N) is 4. The Kier molecular flexibility index (Phi) is 3.37. The quantitative estimate of drug-likeness (QED) is 0.790. The van der Waals surface area contributed by atoms with Crippen molar-refractivity contribution < 1.29 is 4.79 Å². The standard InChI is InChI=1S/C17H19N5O/c1-21-10-14(9-19-21)17(23)22-7-3-5-13(11-22)15-8-12-4-2-6-18-16(12)20-15/h2,4,6,8-10,13H,3,5,7,11H2,1H3,(H,18,20). The number of piperidine rings is 1. The number of aromatic nitrogens is 4. The van der Waals surface area contributed by atoms with Gasteiger partial charge in [0.05, 0.1) is 11.8 Å². The molecule has 118 valence electrons. The van der Waals surface area contributed by atoms with Gasteiger partial charge >= 0.3 is 0 Å². The minimum absolute atomic E-state index is 0.0667. The number of nitrogens with one attached hydrogen (secondary N) is 1. The molecule has 1 unspecified atom stereocenters. The van der Waals surface area contributed by atoms with Crippen LogP contribution in [0, 0.1) is 0 Å². The van der Waals surface area contributed by atoms with Gasteiger partial charge in [-0.05, 0) is 31.0 Å². The van der Waals surface area contributed by atoms with Gasteiger partial charge in [-0.25, -0.2) is 4.98 Å². The Hall–Kier alpha value is -2.63. The molecule has 0 aromatic carbocycles. The lowest BCUT2D eigenvalue weighted by Crippen LogP contribution is -2.39. The van der Waals surface area contributed by atoms with Crippen molar-refractivity contribution in [1.82, 2.24) is 24.6 Å². The van der Waals surface area contributed by atoms with E-state index in [1.165, 1.54) is 5.69 Å². The fraction of sp³-hybridized carbons (Fsp3) is 0.353. The van der Waals surface area contributed by atoms with Crippen LogP contribution in [-0.4, -0.2) is 43.6 Å². The normalized spacial score (nSPS) is 18.5. The number of rotatable bonds is 2. The van der Waals surface area contributed by atoms with Gasteiger partial charge in [-0.3, -0.25) is 9.48 Å². The van der Waals surface area contributed by atoms with E-state index in [-0.39, 0.29) is 5.91 Å². The summed E-state index contributed by atoms with van der Waals surface area (Å²) in [6.07, 6.45) is 7.31. The molecule has 0 saturated carbocycles. The first-order valence-electron chi connectivity index (χ1n) is 7.92. The number of amides is 1. The van der Waals surface area contributed by atoms with Crippen LogP contribution in [0.15, 0.2) is 36.8 Å². The highest BCUT2D eigenvalue weighted by Gasteiger charge is 2.27. The summed E-state index contributed by atoms with van der Waals surface area (Å²) in [5, 5.41) is 5.22. The maximum Gasteiger partial charge on any atom is 0.257 e. The average molecular weight is 309 g/mol. The molecule has 1 atom stereocenters. The fourth-order valence-corrected chi connectivity index (χ4v) is 3.33. The second-order valence-corrected chi connectivity index (χ2v) is 6.16. The summed E-state index contributed by atoms with van der Waals surface area (Å²) in [5.74, 6) is 0.399. The van der Waals surface area contributed by atoms with Gasteiger partial charge in [0, 0.05) is 49.5 Å². The highest BCUT2D eigenvalue weighted by Crippen LogP contribution is 2.29. The molecule has 0 bridgehead atoms. The molecule has 1 fully saturated rings. The number of fused-ring (bicyclic) bond motifs is 1. The van der Waals surface area contributed by atoms with E-state index in [0.29, 0.717) is 11.5 Å². The molecule has 4 rings (SSSR count). The monoisotopic (exact) mass is 309 g/mol. The Morgan fingerprint density at radius 3 is 3.13 bits per heavy atom. The van der Waals surface area contributed by atoms with Crippen molar-refractivity contribution in [1.29, 1.82) is 0 Å². The average Bonchev–Trinajstić information content (AvgIpc) is 3.20. The molecular weight excluding hydrogens is 290 g/mol. The minimum atomic E-state index is 0.0667. The van der Waals surface area contributed by atoms with Crippen molar-refractivity contribution in [3.63, 3.8) is 0 Å².